The highest BCUT2D eigenvalue weighted by Crippen LogP contribution is 2.13. The summed E-state index contributed by atoms with van der Waals surface area (Å²) >= 11 is 1.09. The van der Waals surface area contributed by atoms with Crippen LogP contribution in [0.5, 0.6) is 0 Å². The second-order valence-electron chi connectivity index (χ2n) is 3.20. The first kappa shape index (κ1) is 10.7. The number of rotatable bonds is 2. The number of anilines is 1. The van der Waals surface area contributed by atoms with Gasteiger partial charge in [-0.05, 0) is 30.7 Å². The Morgan fingerprint density at radius 2 is 2.31 bits per heavy atom. The molecule has 4 nitrogen and oxygen atoms in total. The minimum atomic E-state index is -0.323. The number of amides is 1. The van der Waals surface area contributed by atoms with Gasteiger partial charge in [-0.25, -0.2) is 4.39 Å². The molecule has 1 aromatic carbocycles. The quantitative estimate of drug-likeness (QED) is 0.871. The molecule has 0 spiro atoms. The molecule has 0 aliphatic rings. The molecule has 0 atom stereocenters. The molecule has 16 heavy (non-hydrogen) atoms. The standard InChI is InChI=1S/C10H8FN3OS/c1-6-4-7(2-3-8(6)11)10(15)13-9-5-12-14-16-9/h2-5H,1H3,(H,13,15). The van der Waals surface area contributed by atoms with E-state index < -0.39 is 0 Å². The van der Waals surface area contributed by atoms with Crippen molar-refractivity contribution in [3.05, 3.63) is 41.3 Å². The first-order chi connectivity index (χ1) is 7.66. The summed E-state index contributed by atoms with van der Waals surface area (Å²) in [5.74, 6) is -0.620. The number of hydrogen-bond donors (Lipinski definition) is 1. The number of nitrogens with one attached hydrogen (secondary N) is 1. The predicted molar refractivity (Wildman–Crippen MR) is 59.0 cm³/mol. The lowest BCUT2D eigenvalue weighted by Gasteiger charge is -2.03. The van der Waals surface area contributed by atoms with Crippen LogP contribution in [0.25, 0.3) is 0 Å². The van der Waals surface area contributed by atoms with E-state index in [0.717, 1.165) is 11.5 Å². The smallest absolute Gasteiger partial charge is 0.256 e. The van der Waals surface area contributed by atoms with Gasteiger partial charge in [0.15, 0.2) is 0 Å². The Morgan fingerprint density at radius 1 is 1.50 bits per heavy atom. The van der Waals surface area contributed by atoms with Crippen molar-refractivity contribution in [1.29, 1.82) is 0 Å². The fourth-order valence-corrected chi connectivity index (χ4v) is 1.61. The van der Waals surface area contributed by atoms with Crippen LogP contribution < -0.4 is 5.32 Å². The monoisotopic (exact) mass is 237 g/mol. The van der Waals surface area contributed by atoms with E-state index in [1.165, 1.54) is 24.4 Å². The van der Waals surface area contributed by atoms with Crippen LogP contribution >= 0.6 is 11.5 Å². The predicted octanol–water partition coefficient (Wildman–Crippen LogP) is 2.24. The Balaban J connectivity index is 2.18. The first-order valence-corrected chi connectivity index (χ1v) is 5.29. The van der Waals surface area contributed by atoms with Crippen molar-refractivity contribution in [2.24, 2.45) is 0 Å². The Bertz CT molecular complexity index is 513. The summed E-state index contributed by atoms with van der Waals surface area (Å²) in [6.07, 6.45) is 1.46. The van der Waals surface area contributed by atoms with Gasteiger partial charge in [0.25, 0.3) is 5.91 Å². The van der Waals surface area contributed by atoms with E-state index in [9.17, 15) is 9.18 Å². The van der Waals surface area contributed by atoms with E-state index in [0.29, 0.717) is 16.1 Å². The van der Waals surface area contributed by atoms with E-state index in [-0.39, 0.29) is 11.7 Å². The van der Waals surface area contributed by atoms with Crippen LogP contribution in [0.1, 0.15) is 15.9 Å². The Morgan fingerprint density at radius 3 is 2.94 bits per heavy atom. The van der Waals surface area contributed by atoms with Gasteiger partial charge in [-0.2, -0.15) is 0 Å². The Hall–Kier alpha value is -1.82. The highest BCUT2D eigenvalue weighted by Gasteiger charge is 2.08. The second kappa shape index (κ2) is 4.36. The third-order valence-electron chi connectivity index (χ3n) is 2.02. The number of halogens is 1. The van der Waals surface area contributed by atoms with Crippen LogP contribution in [-0.2, 0) is 0 Å². The van der Waals surface area contributed by atoms with Crippen molar-refractivity contribution in [2.75, 3.05) is 5.32 Å². The first-order valence-electron chi connectivity index (χ1n) is 4.51. The van der Waals surface area contributed by atoms with Gasteiger partial charge in [0.05, 0.1) is 6.20 Å². The third kappa shape index (κ3) is 2.22. The number of aromatic nitrogens is 2. The van der Waals surface area contributed by atoms with Crippen molar-refractivity contribution in [1.82, 2.24) is 9.59 Å². The van der Waals surface area contributed by atoms with E-state index in [1.807, 2.05) is 0 Å². The molecular formula is C10H8FN3OS. The van der Waals surface area contributed by atoms with Crippen LogP contribution in [0.15, 0.2) is 24.4 Å². The molecule has 0 unspecified atom stereocenters. The fourth-order valence-electron chi connectivity index (χ4n) is 1.19. The molecule has 2 aromatic rings. The van der Waals surface area contributed by atoms with Gasteiger partial charge in [-0.15, -0.1) is 5.10 Å². The molecule has 1 amide bonds. The molecule has 1 N–H and O–H groups in total. The zero-order chi connectivity index (χ0) is 11.5. The summed E-state index contributed by atoms with van der Waals surface area (Å²) in [5.41, 5.74) is 0.849. The molecule has 0 aliphatic carbocycles. The zero-order valence-corrected chi connectivity index (χ0v) is 9.21. The fraction of sp³-hybridized carbons (Fsp3) is 0.100. The van der Waals surface area contributed by atoms with Crippen LogP contribution in [0.2, 0.25) is 0 Å². The minimum Gasteiger partial charge on any atom is -0.311 e. The molecule has 1 heterocycles. The average Bonchev–Trinajstić information content (AvgIpc) is 2.74. The highest BCUT2D eigenvalue weighted by atomic mass is 32.1. The molecule has 1 aromatic heterocycles. The van der Waals surface area contributed by atoms with Crippen molar-refractivity contribution in [3.63, 3.8) is 0 Å². The zero-order valence-electron chi connectivity index (χ0n) is 8.40. The topological polar surface area (TPSA) is 54.9 Å². The molecule has 0 saturated carbocycles. The van der Waals surface area contributed by atoms with Gasteiger partial charge in [0, 0.05) is 17.1 Å². The molecule has 0 bridgehead atoms. The number of carbonyl (C=O) groups is 1. The molecule has 2 rings (SSSR count). The second-order valence-corrected chi connectivity index (χ2v) is 3.99. The van der Waals surface area contributed by atoms with Crippen LogP contribution in [0.4, 0.5) is 9.39 Å². The SMILES string of the molecule is Cc1cc(C(=O)Nc2cnns2)ccc1F. The van der Waals surface area contributed by atoms with Gasteiger partial charge in [0.1, 0.15) is 10.8 Å². The van der Waals surface area contributed by atoms with Crippen molar-refractivity contribution in [2.45, 2.75) is 6.92 Å². The molecular weight excluding hydrogens is 229 g/mol. The van der Waals surface area contributed by atoms with E-state index >= 15 is 0 Å². The molecule has 0 aliphatic heterocycles. The largest absolute Gasteiger partial charge is 0.311 e. The maximum atomic E-state index is 13.0. The molecule has 0 saturated heterocycles. The summed E-state index contributed by atoms with van der Waals surface area (Å²) in [5, 5.41) is 6.77. The van der Waals surface area contributed by atoms with Gasteiger partial charge in [-0.1, -0.05) is 4.49 Å². The minimum absolute atomic E-state index is 0.297. The van der Waals surface area contributed by atoms with Gasteiger partial charge < -0.3 is 5.32 Å². The molecule has 0 fully saturated rings. The summed E-state index contributed by atoms with van der Waals surface area (Å²) in [4.78, 5) is 11.7. The lowest BCUT2D eigenvalue weighted by atomic mass is 10.1. The lowest BCUT2D eigenvalue weighted by Crippen LogP contribution is -2.11. The summed E-state index contributed by atoms with van der Waals surface area (Å²) in [6, 6.07) is 4.21. The van der Waals surface area contributed by atoms with Gasteiger partial charge >= 0.3 is 0 Å². The van der Waals surface area contributed by atoms with Crippen LogP contribution in [0, 0.1) is 12.7 Å². The van der Waals surface area contributed by atoms with E-state index in [2.05, 4.69) is 14.9 Å². The molecule has 0 radical (unpaired) electrons. The summed E-state index contributed by atoms with van der Waals surface area (Å²) in [6.45, 7) is 1.61. The van der Waals surface area contributed by atoms with Gasteiger partial charge in [-0.3, -0.25) is 4.79 Å². The van der Waals surface area contributed by atoms with E-state index in [1.54, 1.807) is 6.92 Å². The summed E-state index contributed by atoms with van der Waals surface area (Å²) < 4.78 is 16.6. The number of aryl methyl sites for hydroxylation is 1. The van der Waals surface area contributed by atoms with Crippen molar-refractivity contribution in [3.8, 4) is 0 Å². The number of carbonyl (C=O) groups excluding carboxylic acids is 1. The molecule has 82 valence electrons. The normalized spacial score (nSPS) is 10.1. The van der Waals surface area contributed by atoms with Crippen LogP contribution in [-0.4, -0.2) is 15.5 Å². The highest BCUT2D eigenvalue weighted by molar-refractivity contribution is 7.10. The average molecular weight is 237 g/mol. The lowest BCUT2D eigenvalue weighted by molar-refractivity contribution is 0.102. The van der Waals surface area contributed by atoms with Crippen molar-refractivity contribution < 1.29 is 9.18 Å². The van der Waals surface area contributed by atoms with Crippen molar-refractivity contribution >= 4 is 22.4 Å². The number of benzene rings is 1. The Kier molecular flexibility index (Phi) is 2.91. The maximum Gasteiger partial charge on any atom is 0.256 e. The third-order valence-corrected chi connectivity index (χ3v) is 2.60. The van der Waals surface area contributed by atoms with E-state index in [4.69, 9.17) is 0 Å². The summed E-state index contributed by atoms with van der Waals surface area (Å²) in [7, 11) is 0. The number of nitrogens with zero attached hydrogens (tertiary/aromatic N) is 2. The molecule has 6 heteroatoms. The van der Waals surface area contributed by atoms with Gasteiger partial charge in [0.2, 0.25) is 0 Å². The van der Waals surface area contributed by atoms with Crippen LogP contribution in [0.3, 0.4) is 0 Å². The Labute approximate surface area is 95.3 Å². The number of hydrogen-bond acceptors (Lipinski definition) is 4. The maximum absolute atomic E-state index is 13.0.